The van der Waals surface area contributed by atoms with Crippen molar-refractivity contribution in [2.24, 2.45) is 0 Å². The zero-order valence-corrected chi connectivity index (χ0v) is 70.1. The van der Waals surface area contributed by atoms with Gasteiger partial charge in [-0.2, -0.15) is 0 Å². The number of hydrogen-bond donors (Lipinski definition) is 0. The first kappa shape index (κ1) is 91.9. The Balaban J connectivity index is 0.000000653. The van der Waals surface area contributed by atoms with Crippen molar-refractivity contribution in [2.45, 2.75) is 448 Å². The molecule has 0 radical (unpaired) electrons. The molecule has 0 amide bonds. The average molecular weight is 1510 g/mol. The molecule has 0 bridgehead atoms. The van der Waals surface area contributed by atoms with Gasteiger partial charge < -0.3 is 9.11 Å². The SMILES string of the molecule is CCCCCCCCCCCCCCCCCc1cc(CCCCCCCCCCCCCCCCC)c2ccc(S(=O)(=O)[O-])cc2c1.CCCCCCCCCCCCCCCCCc1cc(CCCCCCCCCCCCCCCCC)c2ccc(S(=O)(=O)[O-])cc2c1.[Ba+2]. The maximum atomic E-state index is 11.7. The van der Waals surface area contributed by atoms with Crippen LogP contribution in [0.4, 0.5) is 0 Å². The van der Waals surface area contributed by atoms with Gasteiger partial charge in [0.1, 0.15) is 20.2 Å². The van der Waals surface area contributed by atoms with Crippen molar-refractivity contribution in [3.8, 4) is 0 Å². The van der Waals surface area contributed by atoms with E-state index in [2.05, 4.69) is 52.0 Å². The molecule has 4 aromatic rings. The molecule has 0 unspecified atom stereocenters. The average Bonchev–Trinajstić information content (AvgIpc) is 0.817. The van der Waals surface area contributed by atoms with Crippen molar-refractivity contribution in [1.29, 1.82) is 0 Å². The van der Waals surface area contributed by atoms with E-state index in [0.717, 1.165) is 60.1 Å². The molecule has 9 heteroatoms. The molecule has 4 aromatic carbocycles. The first-order valence-electron chi connectivity index (χ1n) is 41.9. The van der Waals surface area contributed by atoms with Gasteiger partial charge in [-0.05, 0) is 119 Å². The molecule has 0 aliphatic rings. The third kappa shape index (κ3) is 49.2. The Hall–Kier alpha value is -1.21. The van der Waals surface area contributed by atoms with Crippen LogP contribution in [-0.2, 0) is 45.9 Å². The Labute approximate surface area is 642 Å². The van der Waals surface area contributed by atoms with Crippen molar-refractivity contribution in [1.82, 2.24) is 0 Å². The second-order valence-electron chi connectivity index (χ2n) is 30.0. The number of aryl methyl sites for hydroxylation is 4. The first-order chi connectivity index (χ1) is 46.9. The molecule has 0 aliphatic heterocycles. The van der Waals surface area contributed by atoms with E-state index in [1.165, 1.54) is 407 Å². The summed E-state index contributed by atoms with van der Waals surface area (Å²) < 4.78 is 70.5. The van der Waals surface area contributed by atoms with Gasteiger partial charge in [-0.25, -0.2) is 16.8 Å². The van der Waals surface area contributed by atoms with Crippen LogP contribution in [0.25, 0.3) is 21.5 Å². The van der Waals surface area contributed by atoms with Gasteiger partial charge in [-0.3, -0.25) is 0 Å². The fraction of sp³-hybridized carbons (Fsp3) is 0.773. The second kappa shape index (κ2) is 63.3. The number of benzene rings is 4. The summed E-state index contributed by atoms with van der Waals surface area (Å²) in [6, 6.07) is 18.9. The zero-order chi connectivity index (χ0) is 69.1. The molecule has 0 saturated heterocycles. The molecule has 97 heavy (non-hydrogen) atoms. The van der Waals surface area contributed by atoms with Crippen LogP contribution in [0.3, 0.4) is 0 Å². The minimum absolute atomic E-state index is 0. The van der Waals surface area contributed by atoms with Crippen LogP contribution in [0.2, 0.25) is 0 Å². The van der Waals surface area contributed by atoms with Gasteiger partial charge in [0.15, 0.2) is 0 Å². The molecule has 0 N–H and O–H groups in total. The first-order valence-corrected chi connectivity index (χ1v) is 44.8. The monoisotopic (exact) mass is 1500 g/mol. The maximum Gasteiger partial charge on any atom is 2.00 e. The van der Waals surface area contributed by atoms with Crippen molar-refractivity contribution in [3.05, 3.63) is 82.9 Å². The third-order valence-corrected chi connectivity index (χ3v) is 22.6. The van der Waals surface area contributed by atoms with Crippen LogP contribution >= 0.6 is 0 Å². The molecule has 4 rings (SSSR count). The van der Waals surface area contributed by atoms with E-state index in [4.69, 9.17) is 0 Å². The fourth-order valence-electron chi connectivity index (χ4n) is 14.8. The largest absolute Gasteiger partial charge is 2.00 e. The Morgan fingerprint density at radius 2 is 0.402 bits per heavy atom. The fourth-order valence-corrected chi connectivity index (χ4v) is 15.8. The predicted octanol–water partition coefficient (Wildman–Crippen LogP) is 28.8. The summed E-state index contributed by atoms with van der Waals surface area (Å²) in [6.07, 6.45) is 85.9. The molecule has 552 valence electrons. The number of rotatable bonds is 66. The van der Waals surface area contributed by atoms with Gasteiger partial charge in [-0.1, -0.05) is 424 Å². The molecule has 0 heterocycles. The molecule has 0 fully saturated rings. The molecule has 0 spiro atoms. The van der Waals surface area contributed by atoms with Crippen LogP contribution in [0, 0.1) is 0 Å². The van der Waals surface area contributed by atoms with Crippen LogP contribution in [0.15, 0.2) is 70.5 Å². The van der Waals surface area contributed by atoms with E-state index in [1.807, 2.05) is 12.1 Å². The normalized spacial score (nSPS) is 11.9. The Morgan fingerprint density at radius 1 is 0.227 bits per heavy atom. The standard InChI is InChI=1S/2C44H76O3S.Ba/c2*1-3-5-7-9-11-13-15-17-19-21-23-25-27-29-31-33-40-37-41(44-36-35-43(48(45,46)47)39-42(44)38-40)34-32-30-28-26-24-22-20-18-16-14-12-10-8-6-4-2;/h2*35-39H,3-34H2,1-2H3,(H,45,46,47);/q;;+2/p-2. The number of unbranched alkanes of at least 4 members (excludes halogenated alkanes) is 56. The summed E-state index contributed by atoms with van der Waals surface area (Å²) in [6.45, 7) is 9.14. The molecule has 0 aliphatic carbocycles. The zero-order valence-electron chi connectivity index (χ0n) is 64.0. The maximum absolute atomic E-state index is 11.7. The Morgan fingerprint density at radius 3 is 0.588 bits per heavy atom. The van der Waals surface area contributed by atoms with Gasteiger partial charge in [-0.15, -0.1) is 0 Å². The summed E-state index contributed by atoms with van der Waals surface area (Å²) in [7, 11) is -8.91. The summed E-state index contributed by atoms with van der Waals surface area (Å²) in [5.41, 5.74) is 5.20. The minimum atomic E-state index is -4.46. The Bertz CT molecular complexity index is 2500. The topological polar surface area (TPSA) is 114 Å². The molecule has 0 saturated carbocycles. The third-order valence-electron chi connectivity index (χ3n) is 21.0. The molecule has 0 atom stereocenters. The van der Waals surface area contributed by atoms with Crippen LogP contribution in [0.1, 0.15) is 435 Å². The van der Waals surface area contributed by atoms with E-state index in [0.29, 0.717) is 0 Å². The van der Waals surface area contributed by atoms with Crippen LogP contribution < -0.4 is 0 Å². The number of hydrogen-bond acceptors (Lipinski definition) is 6. The molecule has 6 nitrogen and oxygen atoms in total. The molecular weight excluding hydrogens is 1350 g/mol. The van der Waals surface area contributed by atoms with Gasteiger partial charge in [0.05, 0.1) is 9.79 Å². The van der Waals surface area contributed by atoms with Crippen molar-refractivity contribution in [2.75, 3.05) is 0 Å². The van der Waals surface area contributed by atoms with Crippen LogP contribution in [0.5, 0.6) is 0 Å². The van der Waals surface area contributed by atoms with Gasteiger partial charge >= 0.3 is 48.9 Å². The minimum Gasteiger partial charge on any atom is -0.744 e. The summed E-state index contributed by atoms with van der Waals surface area (Å²) >= 11 is 0. The van der Waals surface area contributed by atoms with E-state index in [-0.39, 0.29) is 58.7 Å². The van der Waals surface area contributed by atoms with E-state index >= 15 is 0 Å². The smallest absolute Gasteiger partial charge is 0.744 e. The van der Waals surface area contributed by atoms with Gasteiger partial charge in [0.25, 0.3) is 0 Å². The van der Waals surface area contributed by atoms with Crippen molar-refractivity contribution in [3.63, 3.8) is 0 Å². The van der Waals surface area contributed by atoms with Gasteiger partial charge in [0, 0.05) is 0 Å². The summed E-state index contributed by atoms with van der Waals surface area (Å²) in [4.78, 5) is -0.228. The van der Waals surface area contributed by atoms with Gasteiger partial charge in [0.2, 0.25) is 0 Å². The summed E-state index contributed by atoms with van der Waals surface area (Å²) in [5.74, 6) is 0. The van der Waals surface area contributed by atoms with Crippen molar-refractivity contribution < 1.29 is 25.9 Å². The second-order valence-corrected chi connectivity index (χ2v) is 32.7. The van der Waals surface area contributed by atoms with E-state index < -0.39 is 20.2 Å². The molecule has 0 aromatic heterocycles. The molecular formula is C88H150BaO6S2. The van der Waals surface area contributed by atoms with E-state index in [1.54, 1.807) is 12.1 Å². The predicted molar refractivity (Wildman–Crippen MR) is 424 cm³/mol. The number of fused-ring (bicyclic) bond motifs is 2. The summed E-state index contributed by atoms with van der Waals surface area (Å²) in [5, 5.41) is 4.02. The van der Waals surface area contributed by atoms with Crippen LogP contribution in [-0.4, -0.2) is 74.8 Å². The quantitative estimate of drug-likeness (QED) is 0.0247. The van der Waals surface area contributed by atoms with Crippen molar-refractivity contribution >= 4 is 90.7 Å². The van der Waals surface area contributed by atoms with E-state index in [9.17, 15) is 25.9 Å². The Kier molecular flexibility index (Phi) is 59.9.